The zero-order chi connectivity index (χ0) is 15.4. The van der Waals surface area contributed by atoms with Crippen molar-refractivity contribution in [3.05, 3.63) is 72.2 Å². The third-order valence-corrected chi connectivity index (χ3v) is 3.28. The molecule has 0 atom stereocenters. The van der Waals surface area contributed by atoms with E-state index in [-0.39, 0.29) is 11.6 Å². The molecule has 0 radical (unpaired) electrons. The molecule has 1 aromatic carbocycles. The van der Waals surface area contributed by atoms with E-state index in [1.165, 1.54) is 0 Å². The Labute approximate surface area is 128 Å². The van der Waals surface area contributed by atoms with Crippen LogP contribution in [-0.4, -0.2) is 28.0 Å². The van der Waals surface area contributed by atoms with Crippen molar-refractivity contribution in [1.82, 2.24) is 15.0 Å². The Morgan fingerprint density at radius 1 is 1.18 bits per heavy atom. The second kappa shape index (κ2) is 6.22. The molecule has 3 rings (SSSR count). The summed E-state index contributed by atoms with van der Waals surface area (Å²) < 4.78 is 5.23. The maximum Gasteiger partial charge on any atom is 0.276 e. The van der Waals surface area contributed by atoms with Crippen LogP contribution in [0.2, 0.25) is 0 Å². The largest absolute Gasteiger partial charge is 0.355 e. The number of aromatic nitrogens is 2. The maximum atomic E-state index is 12.4. The summed E-state index contributed by atoms with van der Waals surface area (Å²) in [7, 11) is 1.74. The summed E-state index contributed by atoms with van der Waals surface area (Å²) in [6, 6.07) is 15.1. The van der Waals surface area contributed by atoms with Gasteiger partial charge in [0, 0.05) is 37.6 Å². The maximum absolute atomic E-state index is 12.4. The molecule has 0 spiro atoms. The molecule has 110 valence electrons. The summed E-state index contributed by atoms with van der Waals surface area (Å²) in [6.45, 7) is 0.523. The van der Waals surface area contributed by atoms with Crippen LogP contribution in [0.25, 0.3) is 11.3 Å². The fourth-order valence-corrected chi connectivity index (χ4v) is 2.15. The van der Waals surface area contributed by atoms with E-state index in [9.17, 15) is 4.79 Å². The van der Waals surface area contributed by atoms with Crippen molar-refractivity contribution >= 4 is 5.91 Å². The molecule has 3 aromatic rings. The van der Waals surface area contributed by atoms with Gasteiger partial charge >= 0.3 is 0 Å². The predicted molar refractivity (Wildman–Crippen MR) is 82.0 cm³/mol. The monoisotopic (exact) mass is 293 g/mol. The highest BCUT2D eigenvalue weighted by Gasteiger charge is 2.17. The molecule has 5 heteroatoms. The van der Waals surface area contributed by atoms with Crippen LogP contribution >= 0.6 is 0 Å². The minimum absolute atomic E-state index is 0.178. The molecule has 0 bridgehead atoms. The SMILES string of the molecule is CN(Cc1ccccc1)C(=O)c1cc(-c2cccnc2)on1. The van der Waals surface area contributed by atoms with Crippen molar-refractivity contribution in [3.8, 4) is 11.3 Å². The summed E-state index contributed by atoms with van der Waals surface area (Å²) in [5, 5.41) is 3.86. The molecule has 0 saturated heterocycles. The summed E-state index contributed by atoms with van der Waals surface area (Å²) in [4.78, 5) is 18.0. The lowest BCUT2D eigenvalue weighted by Crippen LogP contribution is -2.26. The van der Waals surface area contributed by atoms with Gasteiger partial charge in [0.15, 0.2) is 11.5 Å². The topological polar surface area (TPSA) is 59.2 Å². The third kappa shape index (κ3) is 3.03. The zero-order valence-electron chi connectivity index (χ0n) is 12.1. The normalized spacial score (nSPS) is 10.4. The highest BCUT2D eigenvalue weighted by molar-refractivity contribution is 5.92. The standard InChI is InChI=1S/C17H15N3O2/c1-20(12-13-6-3-2-4-7-13)17(21)15-10-16(22-19-15)14-8-5-9-18-11-14/h2-11H,12H2,1H3. The van der Waals surface area contributed by atoms with Crippen LogP contribution in [0.3, 0.4) is 0 Å². The first-order chi connectivity index (χ1) is 10.7. The Kier molecular flexibility index (Phi) is 3.96. The van der Waals surface area contributed by atoms with Gasteiger partial charge in [0.25, 0.3) is 5.91 Å². The molecule has 5 nitrogen and oxygen atoms in total. The molecule has 0 N–H and O–H groups in total. The second-order valence-electron chi connectivity index (χ2n) is 4.96. The molecular formula is C17H15N3O2. The van der Waals surface area contributed by atoms with E-state index in [0.29, 0.717) is 12.3 Å². The van der Waals surface area contributed by atoms with Crippen LogP contribution in [0.5, 0.6) is 0 Å². The van der Waals surface area contributed by atoms with Crippen LogP contribution in [0.15, 0.2) is 65.4 Å². The van der Waals surface area contributed by atoms with Gasteiger partial charge < -0.3 is 9.42 Å². The number of rotatable bonds is 4. The zero-order valence-corrected chi connectivity index (χ0v) is 12.1. The van der Waals surface area contributed by atoms with Gasteiger partial charge in [-0.15, -0.1) is 0 Å². The van der Waals surface area contributed by atoms with E-state index in [1.54, 1.807) is 36.5 Å². The molecule has 1 amide bonds. The van der Waals surface area contributed by atoms with Crippen LogP contribution < -0.4 is 0 Å². The number of hydrogen-bond acceptors (Lipinski definition) is 4. The Morgan fingerprint density at radius 3 is 2.73 bits per heavy atom. The summed E-state index contributed by atoms with van der Waals surface area (Å²) >= 11 is 0. The number of benzene rings is 1. The van der Waals surface area contributed by atoms with Gasteiger partial charge in [-0.3, -0.25) is 9.78 Å². The minimum atomic E-state index is -0.178. The fourth-order valence-electron chi connectivity index (χ4n) is 2.15. The van der Waals surface area contributed by atoms with Gasteiger partial charge in [-0.2, -0.15) is 0 Å². The van der Waals surface area contributed by atoms with E-state index in [1.807, 2.05) is 36.4 Å². The first-order valence-corrected chi connectivity index (χ1v) is 6.90. The highest BCUT2D eigenvalue weighted by atomic mass is 16.5. The smallest absolute Gasteiger partial charge is 0.276 e. The molecule has 2 aromatic heterocycles. The molecular weight excluding hydrogens is 278 g/mol. The number of amides is 1. The molecule has 0 fully saturated rings. The molecule has 0 aliphatic heterocycles. The molecule has 2 heterocycles. The third-order valence-electron chi connectivity index (χ3n) is 3.28. The van der Waals surface area contributed by atoms with Crippen molar-refractivity contribution < 1.29 is 9.32 Å². The lowest BCUT2D eigenvalue weighted by Gasteiger charge is -2.15. The van der Waals surface area contributed by atoms with Crippen molar-refractivity contribution in [1.29, 1.82) is 0 Å². The van der Waals surface area contributed by atoms with E-state index < -0.39 is 0 Å². The minimum Gasteiger partial charge on any atom is -0.355 e. The molecule has 0 aliphatic carbocycles. The summed E-state index contributed by atoms with van der Waals surface area (Å²) in [6.07, 6.45) is 3.35. The lowest BCUT2D eigenvalue weighted by atomic mass is 10.2. The van der Waals surface area contributed by atoms with Gasteiger partial charge in [-0.25, -0.2) is 0 Å². The number of carbonyl (C=O) groups is 1. The number of pyridine rings is 1. The first kappa shape index (κ1) is 14.0. The molecule has 22 heavy (non-hydrogen) atoms. The Hall–Kier alpha value is -2.95. The van der Waals surface area contributed by atoms with E-state index in [4.69, 9.17) is 4.52 Å². The lowest BCUT2D eigenvalue weighted by molar-refractivity contribution is 0.0775. The fraction of sp³-hybridized carbons (Fsp3) is 0.118. The van der Waals surface area contributed by atoms with Gasteiger partial charge in [-0.05, 0) is 17.7 Å². The Bertz CT molecular complexity index is 754. The van der Waals surface area contributed by atoms with Gasteiger partial charge in [0.05, 0.1) is 0 Å². The second-order valence-corrected chi connectivity index (χ2v) is 4.96. The quantitative estimate of drug-likeness (QED) is 0.742. The van der Waals surface area contributed by atoms with Gasteiger partial charge in [-0.1, -0.05) is 35.5 Å². The van der Waals surface area contributed by atoms with Crippen molar-refractivity contribution in [2.75, 3.05) is 7.05 Å². The summed E-state index contributed by atoms with van der Waals surface area (Å²) in [5.74, 6) is 0.354. The van der Waals surface area contributed by atoms with Crippen molar-refractivity contribution in [2.24, 2.45) is 0 Å². The first-order valence-electron chi connectivity index (χ1n) is 6.90. The van der Waals surface area contributed by atoms with Crippen molar-refractivity contribution in [2.45, 2.75) is 6.54 Å². The van der Waals surface area contributed by atoms with E-state index >= 15 is 0 Å². The predicted octanol–water partition coefficient (Wildman–Crippen LogP) is 3.01. The average Bonchev–Trinajstić information content (AvgIpc) is 3.06. The van der Waals surface area contributed by atoms with Crippen LogP contribution in [0, 0.1) is 0 Å². The summed E-state index contributed by atoms with van der Waals surface area (Å²) in [5.41, 5.74) is 2.14. The molecule has 0 unspecified atom stereocenters. The number of carbonyl (C=O) groups excluding carboxylic acids is 1. The van der Waals surface area contributed by atoms with Gasteiger partial charge in [0.1, 0.15) is 0 Å². The van der Waals surface area contributed by atoms with Crippen LogP contribution in [-0.2, 0) is 6.54 Å². The van der Waals surface area contributed by atoms with E-state index in [0.717, 1.165) is 11.1 Å². The van der Waals surface area contributed by atoms with Crippen molar-refractivity contribution in [3.63, 3.8) is 0 Å². The van der Waals surface area contributed by atoms with Crippen LogP contribution in [0.4, 0.5) is 0 Å². The Balaban J connectivity index is 1.74. The van der Waals surface area contributed by atoms with Gasteiger partial charge in [0.2, 0.25) is 0 Å². The molecule has 0 aliphatic rings. The average molecular weight is 293 g/mol. The van der Waals surface area contributed by atoms with Crippen LogP contribution in [0.1, 0.15) is 16.1 Å². The Morgan fingerprint density at radius 2 is 2.00 bits per heavy atom. The highest BCUT2D eigenvalue weighted by Crippen LogP contribution is 2.19. The number of nitrogens with zero attached hydrogens (tertiary/aromatic N) is 3. The molecule has 0 saturated carbocycles. The van der Waals surface area contributed by atoms with E-state index in [2.05, 4.69) is 10.1 Å². The number of hydrogen-bond donors (Lipinski definition) is 0.